The Morgan fingerprint density at radius 2 is 1.73 bits per heavy atom. The second-order valence-corrected chi connectivity index (χ2v) is 6.61. The Bertz CT molecular complexity index is 1200. The molecule has 2 heterocycles. The van der Waals surface area contributed by atoms with Gasteiger partial charge in [0.05, 0.1) is 31.2 Å². The van der Waals surface area contributed by atoms with Crippen LogP contribution >= 0.6 is 0 Å². The Balaban J connectivity index is 1.60. The summed E-state index contributed by atoms with van der Waals surface area (Å²) in [6.07, 6.45) is 0. The fourth-order valence-electron chi connectivity index (χ4n) is 3.16. The number of aryl methyl sites for hydroxylation is 1. The Kier molecular flexibility index (Phi) is 5.30. The van der Waals surface area contributed by atoms with Crippen LogP contribution in [0.2, 0.25) is 0 Å². The van der Waals surface area contributed by atoms with E-state index in [1.54, 1.807) is 27.3 Å². The highest BCUT2D eigenvalue weighted by atomic mass is 16.5. The number of aromatic amines is 1. The van der Waals surface area contributed by atoms with Crippen molar-refractivity contribution in [1.29, 1.82) is 0 Å². The first-order valence-corrected chi connectivity index (χ1v) is 9.35. The van der Waals surface area contributed by atoms with Gasteiger partial charge in [-0.1, -0.05) is 12.1 Å². The number of aromatic nitrogens is 4. The predicted octanol–water partition coefficient (Wildman–Crippen LogP) is 3.16. The summed E-state index contributed by atoms with van der Waals surface area (Å²) >= 11 is 0. The molecule has 4 rings (SSSR count). The van der Waals surface area contributed by atoms with Crippen LogP contribution in [0, 0.1) is 0 Å². The summed E-state index contributed by atoms with van der Waals surface area (Å²) in [5, 5.41) is 2.92. The van der Waals surface area contributed by atoms with Gasteiger partial charge in [0.2, 0.25) is 5.88 Å². The van der Waals surface area contributed by atoms with Gasteiger partial charge in [0.25, 0.3) is 0 Å². The van der Waals surface area contributed by atoms with E-state index in [9.17, 15) is 4.79 Å². The molecule has 0 aliphatic rings. The van der Waals surface area contributed by atoms with Crippen LogP contribution in [0.15, 0.2) is 65.5 Å². The fourth-order valence-corrected chi connectivity index (χ4v) is 3.16. The average Bonchev–Trinajstić information content (AvgIpc) is 2.81. The van der Waals surface area contributed by atoms with Gasteiger partial charge in [0.1, 0.15) is 18.1 Å². The van der Waals surface area contributed by atoms with Gasteiger partial charge in [-0.2, -0.15) is 4.68 Å². The summed E-state index contributed by atoms with van der Waals surface area (Å²) < 4.78 is 19.5. The molecule has 1 N–H and O–H groups in total. The number of nitrogens with zero attached hydrogens (tertiary/aromatic N) is 3. The van der Waals surface area contributed by atoms with Crippen molar-refractivity contribution in [3.8, 4) is 34.3 Å². The molecule has 30 heavy (non-hydrogen) atoms. The maximum atomic E-state index is 12.1. The minimum absolute atomic E-state index is 0.163. The molecular formula is C22H22N4O4. The quantitative estimate of drug-likeness (QED) is 0.510. The van der Waals surface area contributed by atoms with Crippen LogP contribution in [0.3, 0.4) is 0 Å². The zero-order valence-corrected chi connectivity index (χ0v) is 17.0. The van der Waals surface area contributed by atoms with Crippen LogP contribution in [0.5, 0.6) is 17.4 Å². The summed E-state index contributed by atoms with van der Waals surface area (Å²) in [5.74, 6) is 1.89. The monoisotopic (exact) mass is 406 g/mol. The molecule has 2 aromatic carbocycles. The van der Waals surface area contributed by atoms with Gasteiger partial charge in [-0.05, 0) is 42.5 Å². The van der Waals surface area contributed by atoms with Crippen molar-refractivity contribution in [2.75, 3.05) is 14.2 Å². The third-order valence-electron chi connectivity index (χ3n) is 4.77. The summed E-state index contributed by atoms with van der Waals surface area (Å²) in [6.45, 7) is 0.188. The normalized spacial score (nSPS) is 10.8. The number of hydrogen-bond acceptors (Lipinski definition) is 5. The van der Waals surface area contributed by atoms with Gasteiger partial charge in [-0.25, -0.2) is 19.7 Å². The third kappa shape index (κ3) is 3.67. The van der Waals surface area contributed by atoms with Crippen LogP contribution in [0.4, 0.5) is 0 Å². The first kappa shape index (κ1) is 19.4. The van der Waals surface area contributed by atoms with E-state index in [4.69, 9.17) is 14.2 Å². The lowest BCUT2D eigenvalue weighted by atomic mass is 10.1. The minimum Gasteiger partial charge on any atom is -0.497 e. The minimum atomic E-state index is -0.163. The number of benzene rings is 2. The molecule has 154 valence electrons. The lowest BCUT2D eigenvalue weighted by molar-refractivity contribution is 0.284. The van der Waals surface area contributed by atoms with E-state index < -0.39 is 0 Å². The SMILES string of the molecule is COc1ccc(-c2cccc(OCc3c(OC)cccc3-n3[nH]n(C)c3=O)n2)cc1. The smallest absolute Gasteiger partial charge is 0.364 e. The zero-order valence-electron chi connectivity index (χ0n) is 17.0. The highest BCUT2D eigenvalue weighted by Crippen LogP contribution is 2.27. The second kappa shape index (κ2) is 8.20. The number of H-pyrrole nitrogens is 1. The van der Waals surface area contributed by atoms with Crippen molar-refractivity contribution in [2.45, 2.75) is 6.61 Å². The topological polar surface area (TPSA) is 83.3 Å². The second-order valence-electron chi connectivity index (χ2n) is 6.61. The van der Waals surface area contributed by atoms with Crippen molar-refractivity contribution in [1.82, 2.24) is 19.6 Å². The molecule has 4 aromatic rings. The molecule has 0 radical (unpaired) electrons. The number of hydrogen-bond donors (Lipinski definition) is 1. The van der Waals surface area contributed by atoms with E-state index >= 15 is 0 Å². The Hall–Kier alpha value is -3.94. The summed E-state index contributed by atoms with van der Waals surface area (Å²) in [7, 11) is 4.88. The average molecular weight is 406 g/mol. The molecule has 2 aromatic heterocycles. The molecule has 0 amide bonds. The van der Waals surface area contributed by atoms with Crippen molar-refractivity contribution in [2.24, 2.45) is 7.05 Å². The molecule has 0 bridgehead atoms. The standard InChI is InChI=1S/C22H22N4O4/c1-25-22(27)26(24-25)19-7-5-8-20(29-3)17(19)14-30-21-9-4-6-18(23-21)15-10-12-16(28-2)13-11-15/h4-13,24H,14H2,1-3H3. The maximum Gasteiger partial charge on any atom is 0.364 e. The lowest BCUT2D eigenvalue weighted by Gasteiger charge is -2.19. The van der Waals surface area contributed by atoms with Gasteiger partial charge in [-0.3, -0.25) is 0 Å². The summed E-state index contributed by atoms with van der Waals surface area (Å²) in [4.78, 5) is 16.7. The van der Waals surface area contributed by atoms with Crippen molar-refractivity contribution in [3.05, 3.63) is 76.7 Å². The van der Waals surface area contributed by atoms with Gasteiger partial charge < -0.3 is 14.2 Å². The Morgan fingerprint density at radius 3 is 2.40 bits per heavy atom. The number of rotatable bonds is 7. The van der Waals surface area contributed by atoms with E-state index in [0.717, 1.165) is 22.6 Å². The zero-order chi connectivity index (χ0) is 21.1. The molecule has 0 aliphatic carbocycles. The molecule has 0 spiro atoms. The number of pyridine rings is 1. The van der Waals surface area contributed by atoms with Crippen molar-refractivity contribution >= 4 is 0 Å². The van der Waals surface area contributed by atoms with Crippen LogP contribution in [0.1, 0.15) is 5.56 Å². The first-order valence-electron chi connectivity index (χ1n) is 9.35. The largest absolute Gasteiger partial charge is 0.497 e. The number of methoxy groups -OCH3 is 2. The van der Waals surface area contributed by atoms with Crippen LogP contribution in [0.25, 0.3) is 16.9 Å². The maximum absolute atomic E-state index is 12.1. The summed E-state index contributed by atoms with van der Waals surface area (Å²) in [5.41, 5.74) is 2.99. The Morgan fingerprint density at radius 1 is 0.967 bits per heavy atom. The molecule has 8 heteroatoms. The van der Waals surface area contributed by atoms with Crippen molar-refractivity contribution in [3.63, 3.8) is 0 Å². The molecule has 8 nitrogen and oxygen atoms in total. The molecule has 0 fully saturated rings. The predicted molar refractivity (Wildman–Crippen MR) is 112 cm³/mol. The Labute approximate surface area is 173 Å². The molecule has 0 unspecified atom stereocenters. The summed E-state index contributed by atoms with van der Waals surface area (Å²) in [6, 6.07) is 18.8. The third-order valence-corrected chi connectivity index (χ3v) is 4.77. The number of ether oxygens (including phenoxy) is 3. The van der Waals surface area contributed by atoms with Gasteiger partial charge in [0, 0.05) is 18.7 Å². The lowest BCUT2D eigenvalue weighted by Crippen LogP contribution is -2.40. The molecule has 0 saturated heterocycles. The highest BCUT2D eigenvalue weighted by molar-refractivity contribution is 5.60. The van der Waals surface area contributed by atoms with Crippen LogP contribution < -0.4 is 19.9 Å². The van der Waals surface area contributed by atoms with E-state index in [2.05, 4.69) is 10.2 Å². The fraction of sp³-hybridized carbons (Fsp3) is 0.182. The molecular weight excluding hydrogens is 384 g/mol. The van der Waals surface area contributed by atoms with Crippen molar-refractivity contribution < 1.29 is 14.2 Å². The molecule has 0 aliphatic heterocycles. The number of nitrogens with one attached hydrogen (secondary N) is 1. The highest BCUT2D eigenvalue weighted by Gasteiger charge is 2.16. The van der Waals surface area contributed by atoms with Crippen LogP contribution in [-0.2, 0) is 13.7 Å². The van der Waals surface area contributed by atoms with E-state index in [-0.39, 0.29) is 12.3 Å². The van der Waals surface area contributed by atoms with E-state index in [1.807, 2.05) is 54.6 Å². The van der Waals surface area contributed by atoms with Gasteiger partial charge in [0.15, 0.2) is 0 Å². The first-order chi connectivity index (χ1) is 14.6. The molecule has 0 atom stereocenters. The molecule has 0 saturated carbocycles. The van der Waals surface area contributed by atoms with E-state index in [0.29, 0.717) is 17.3 Å². The van der Waals surface area contributed by atoms with E-state index in [1.165, 1.54) is 9.36 Å². The van der Waals surface area contributed by atoms with Gasteiger partial charge in [-0.15, -0.1) is 0 Å². The van der Waals surface area contributed by atoms with Gasteiger partial charge >= 0.3 is 5.69 Å². The van der Waals surface area contributed by atoms with Crippen LogP contribution in [-0.4, -0.2) is 33.8 Å².